The molecule has 0 saturated carbocycles. The third-order valence-electron chi connectivity index (χ3n) is 2.44. The molecule has 0 saturated heterocycles. The SMILES string of the molecule is Cc1cc(C(=N)N)nc(OCCOc2ccccc2)n1. The molecule has 0 radical (unpaired) electrons. The molecule has 6 nitrogen and oxygen atoms in total. The van der Waals surface area contributed by atoms with Gasteiger partial charge in [0, 0.05) is 5.69 Å². The van der Waals surface area contributed by atoms with E-state index in [1.165, 1.54) is 0 Å². The Labute approximate surface area is 117 Å². The maximum absolute atomic E-state index is 7.36. The van der Waals surface area contributed by atoms with Crippen LogP contribution in [0.5, 0.6) is 11.8 Å². The topological polar surface area (TPSA) is 94.1 Å². The number of hydrogen-bond acceptors (Lipinski definition) is 5. The zero-order valence-electron chi connectivity index (χ0n) is 11.2. The van der Waals surface area contributed by atoms with Crippen LogP contribution in [-0.2, 0) is 0 Å². The highest BCUT2D eigenvalue weighted by atomic mass is 16.5. The average Bonchev–Trinajstić information content (AvgIpc) is 2.44. The summed E-state index contributed by atoms with van der Waals surface area (Å²) < 4.78 is 10.9. The van der Waals surface area contributed by atoms with Crippen molar-refractivity contribution < 1.29 is 9.47 Å². The second-order valence-corrected chi connectivity index (χ2v) is 4.10. The predicted octanol–water partition coefficient (Wildman–Crippen LogP) is 1.53. The second kappa shape index (κ2) is 6.51. The van der Waals surface area contributed by atoms with Crippen molar-refractivity contribution in [1.82, 2.24) is 9.97 Å². The maximum atomic E-state index is 7.36. The van der Waals surface area contributed by atoms with E-state index >= 15 is 0 Å². The lowest BCUT2D eigenvalue weighted by Gasteiger charge is -2.08. The van der Waals surface area contributed by atoms with Crippen LogP contribution in [0.15, 0.2) is 36.4 Å². The number of aromatic nitrogens is 2. The van der Waals surface area contributed by atoms with Gasteiger partial charge in [-0.15, -0.1) is 0 Å². The van der Waals surface area contributed by atoms with Gasteiger partial charge < -0.3 is 15.2 Å². The van der Waals surface area contributed by atoms with E-state index in [-0.39, 0.29) is 11.8 Å². The van der Waals surface area contributed by atoms with Crippen molar-refractivity contribution in [2.24, 2.45) is 5.73 Å². The van der Waals surface area contributed by atoms with E-state index in [2.05, 4.69) is 9.97 Å². The number of rotatable bonds is 6. The molecule has 6 heteroatoms. The number of nitrogens with one attached hydrogen (secondary N) is 1. The first kappa shape index (κ1) is 13.8. The van der Waals surface area contributed by atoms with Crippen LogP contribution in [0.2, 0.25) is 0 Å². The Morgan fingerprint density at radius 2 is 1.85 bits per heavy atom. The van der Waals surface area contributed by atoms with E-state index in [9.17, 15) is 0 Å². The van der Waals surface area contributed by atoms with Gasteiger partial charge in [-0.1, -0.05) is 18.2 Å². The zero-order valence-corrected chi connectivity index (χ0v) is 11.2. The number of hydrogen-bond donors (Lipinski definition) is 2. The van der Waals surface area contributed by atoms with Crippen molar-refractivity contribution in [3.63, 3.8) is 0 Å². The van der Waals surface area contributed by atoms with E-state index in [4.69, 9.17) is 20.6 Å². The molecule has 2 rings (SSSR count). The molecule has 1 aromatic heterocycles. The molecule has 104 valence electrons. The molecule has 1 heterocycles. The Hall–Kier alpha value is -2.63. The van der Waals surface area contributed by atoms with E-state index in [1.54, 1.807) is 13.0 Å². The molecule has 0 spiro atoms. The number of ether oxygens (including phenoxy) is 2. The molecule has 0 aliphatic heterocycles. The fourth-order valence-corrected chi connectivity index (χ4v) is 1.55. The van der Waals surface area contributed by atoms with Crippen LogP contribution in [0.4, 0.5) is 0 Å². The molecule has 0 aliphatic carbocycles. The number of nitrogen functional groups attached to an aromatic ring is 1. The lowest BCUT2D eigenvalue weighted by Crippen LogP contribution is -2.16. The summed E-state index contributed by atoms with van der Waals surface area (Å²) in [5.41, 5.74) is 6.45. The third kappa shape index (κ3) is 3.94. The molecule has 3 N–H and O–H groups in total. The van der Waals surface area contributed by atoms with Gasteiger partial charge in [0.1, 0.15) is 30.5 Å². The molecular formula is C14H16N4O2. The van der Waals surface area contributed by atoms with Gasteiger partial charge in [-0.25, -0.2) is 4.98 Å². The summed E-state index contributed by atoms with van der Waals surface area (Å²) in [5, 5.41) is 7.36. The Kier molecular flexibility index (Phi) is 4.49. The molecular weight excluding hydrogens is 256 g/mol. The predicted molar refractivity (Wildman–Crippen MR) is 75.2 cm³/mol. The molecule has 0 bridgehead atoms. The molecule has 0 aliphatic rings. The van der Waals surface area contributed by atoms with E-state index in [0.717, 1.165) is 5.75 Å². The molecule has 0 unspecified atom stereocenters. The number of para-hydroxylation sites is 1. The molecule has 0 atom stereocenters. The lowest BCUT2D eigenvalue weighted by atomic mass is 10.3. The number of nitrogens with zero attached hydrogens (tertiary/aromatic N) is 2. The highest BCUT2D eigenvalue weighted by molar-refractivity contribution is 5.93. The van der Waals surface area contributed by atoms with Gasteiger partial charge in [0.2, 0.25) is 0 Å². The summed E-state index contributed by atoms with van der Waals surface area (Å²) in [4.78, 5) is 8.16. The third-order valence-corrected chi connectivity index (χ3v) is 2.44. The summed E-state index contributed by atoms with van der Waals surface area (Å²) in [5.74, 6) is 0.673. The van der Waals surface area contributed by atoms with Gasteiger partial charge in [-0.3, -0.25) is 5.41 Å². The van der Waals surface area contributed by atoms with Crippen LogP contribution in [0, 0.1) is 12.3 Å². The number of aryl methyl sites for hydroxylation is 1. The van der Waals surface area contributed by atoms with E-state index in [1.807, 2.05) is 30.3 Å². The fraction of sp³-hybridized carbons (Fsp3) is 0.214. The van der Waals surface area contributed by atoms with Gasteiger partial charge in [-0.05, 0) is 25.1 Å². The van der Waals surface area contributed by atoms with Gasteiger partial charge in [0.25, 0.3) is 0 Å². The first-order valence-corrected chi connectivity index (χ1v) is 6.16. The van der Waals surface area contributed by atoms with Gasteiger partial charge >= 0.3 is 6.01 Å². The normalized spacial score (nSPS) is 10.1. The second-order valence-electron chi connectivity index (χ2n) is 4.10. The van der Waals surface area contributed by atoms with Gasteiger partial charge in [0.05, 0.1) is 0 Å². The van der Waals surface area contributed by atoms with Crippen LogP contribution >= 0.6 is 0 Å². The van der Waals surface area contributed by atoms with Gasteiger partial charge in [0.15, 0.2) is 0 Å². The van der Waals surface area contributed by atoms with Crippen LogP contribution in [-0.4, -0.2) is 29.0 Å². The van der Waals surface area contributed by atoms with Crippen LogP contribution in [0.25, 0.3) is 0 Å². The molecule has 20 heavy (non-hydrogen) atoms. The van der Waals surface area contributed by atoms with Gasteiger partial charge in [-0.2, -0.15) is 4.98 Å². The number of amidine groups is 1. The minimum atomic E-state index is -0.110. The largest absolute Gasteiger partial charge is 0.490 e. The van der Waals surface area contributed by atoms with E-state index < -0.39 is 0 Å². The summed E-state index contributed by atoms with van der Waals surface area (Å²) in [6.07, 6.45) is 0. The Balaban J connectivity index is 1.86. The zero-order chi connectivity index (χ0) is 14.4. The molecule has 0 amide bonds. The van der Waals surface area contributed by atoms with Crippen molar-refractivity contribution in [3.8, 4) is 11.8 Å². The highest BCUT2D eigenvalue weighted by Crippen LogP contribution is 2.09. The monoisotopic (exact) mass is 272 g/mol. The van der Waals surface area contributed by atoms with Crippen molar-refractivity contribution in [2.75, 3.05) is 13.2 Å². The minimum absolute atomic E-state index is 0.110. The fourth-order valence-electron chi connectivity index (χ4n) is 1.55. The highest BCUT2D eigenvalue weighted by Gasteiger charge is 2.05. The Morgan fingerprint density at radius 3 is 2.55 bits per heavy atom. The quantitative estimate of drug-likeness (QED) is 0.472. The average molecular weight is 272 g/mol. The van der Waals surface area contributed by atoms with Crippen LogP contribution in [0.3, 0.4) is 0 Å². The van der Waals surface area contributed by atoms with Crippen LogP contribution in [0.1, 0.15) is 11.4 Å². The summed E-state index contributed by atoms with van der Waals surface area (Å²) in [6, 6.07) is 11.3. The summed E-state index contributed by atoms with van der Waals surface area (Å²) in [6.45, 7) is 2.49. The first-order valence-electron chi connectivity index (χ1n) is 6.16. The Morgan fingerprint density at radius 1 is 1.15 bits per heavy atom. The van der Waals surface area contributed by atoms with Crippen LogP contribution < -0.4 is 15.2 Å². The smallest absolute Gasteiger partial charge is 0.317 e. The maximum Gasteiger partial charge on any atom is 0.317 e. The minimum Gasteiger partial charge on any atom is -0.490 e. The molecule has 0 fully saturated rings. The first-order chi connectivity index (χ1) is 9.65. The molecule has 2 aromatic rings. The number of benzene rings is 1. The summed E-state index contributed by atoms with van der Waals surface area (Å²) in [7, 11) is 0. The molecule has 1 aromatic carbocycles. The summed E-state index contributed by atoms with van der Waals surface area (Å²) >= 11 is 0. The lowest BCUT2D eigenvalue weighted by molar-refractivity contribution is 0.205. The van der Waals surface area contributed by atoms with Crippen molar-refractivity contribution in [2.45, 2.75) is 6.92 Å². The van der Waals surface area contributed by atoms with Crippen molar-refractivity contribution >= 4 is 5.84 Å². The van der Waals surface area contributed by atoms with E-state index in [0.29, 0.717) is 24.6 Å². The number of nitrogens with two attached hydrogens (primary N) is 1. The van der Waals surface area contributed by atoms with Crippen molar-refractivity contribution in [3.05, 3.63) is 47.8 Å². The standard InChI is InChI=1S/C14H16N4O2/c1-10-9-12(13(15)16)18-14(17-10)20-8-7-19-11-5-3-2-4-6-11/h2-6,9H,7-8H2,1H3,(H3,15,16). The Bertz CT molecular complexity index is 587. The van der Waals surface area contributed by atoms with Crippen molar-refractivity contribution in [1.29, 1.82) is 5.41 Å².